The summed E-state index contributed by atoms with van der Waals surface area (Å²) < 4.78 is 12.1. The Labute approximate surface area is 383 Å². The van der Waals surface area contributed by atoms with Crippen molar-refractivity contribution in [3.63, 3.8) is 0 Å². The van der Waals surface area contributed by atoms with Crippen molar-refractivity contribution in [1.82, 2.24) is 36.1 Å². The van der Waals surface area contributed by atoms with Gasteiger partial charge in [-0.15, -0.1) is 0 Å². The molecule has 9 N–H and O–H groups in total. The van der Waals surface area contributed by atoms with Crippen LogP contribution < -0.4 is 42.2 Å². The van der Waals surface area contributed by atoms with E-state index in [0.717, 1.165) is 41.9 Å². The molecule has 1 saturated carbocycles. The number of nitrogens with one attached hydrogen (secondary N) is 4. The molecule has 1 aliphatic heterocycles. The Morgan fingerprint density at radius 2 is 1.65 bits per heavy atom. The molecule has 0 radical (unpaired) electrons. The number of likely N-dealkylation sites (N-methyl/N-ethyl adjacent to an activating group) is 1. The molecule has 4 aromatic rings. The Balaban J connectivity index is 1.30. The van der Waals surface area contributed by atoms with Gasteiger partial charge in [0.25, 0.3) is 5.91 Å². The first kappa shape index (κ1) is 48.4. The van der Waals surface area contributed by atoms with Crippen LogP contribution in [0, 0.1) is 25.2 Å². The van der Waals surface area contributed by atoms with E-state index in [1.165, 1.54) is 38.6 Å². The van der Waals surface area contributed by atoms with Crippen LogP contribution in [0.4, 0.5) is 0 Å². The monoisotopic (exact) mass is 902 g/mol. The van der Waals surface area contributed by atoms with Gasteiger partial charge >= 0.3 is 0 Å². The number of nitrogens with zero attached hydrogens (tertiary/aromatic N) is 4. The second-order valence-electron chi connectivity index (χ2n) is 16.6. The molecule has 1 fully saturated rings. The Kier molecular flexibility index (Phi) is 16.3. The average molecular weight is 903 g/mol. The normalized spacial score (nSPS) is 18.0. The first-order valence-electron chi connectivity index (χ1n) is 22.2. The van der Waals surface area contributed by atoms with Crippen molar-refractivity contribution < 1.29 is 38.6 Å². The summed E-state index contributed by atoms with van der Waals surface area (Å²) in [5, 5.41) is 31.1. The molecule has 66 heavy (non-hydrogen) atoms. The van der Waals surface area contributed by atoms with E-state index in [1.54, 1.807) is 32.0 Å². The molecule has 0 unspecified atom stereocenters. The molecule has 5 amide bonds. The molecule has 4 atom stereocenters. The number of fused-ring (bicyclic) bond motifs is 5. The van der Waals surface area contributed by atoms with Gasteiger partial charge in [-0.2, -0.15) is 5.26 Å². The lowest BCUT2D eigenvalue weighted by Crippen LogP contribution is -2.56. The topological polar surface area (TPSA) is 277 Å². The molecule has 18 heteroatoms. The summed E-state index contributed by atoms with van der Waals surface area (Å²) in [7, 11) is 1.38. The summed E-state index contributed by atoms with van der Waals surface area (Å²) in [6, 6.07) is 13.7. The fraction of sp³-hybridized carbons (Fsp3) is 0.417. The Morgan fingerprint density at radius 3 is 2.32 bits per heavy atom. The van der Waals surface area contributed by atoms with Crippen molar-refractivity contribution in [3.05, 3.63) is 88.7 Å². The van der Waals surface area contributed by atoms with E-state index in [0.29, 0.717) is 34.1 Å². The zero-order chi connectivity index (χ0) is 47.5. The number of aryl methyl sites for hydroxylation is 2. The molecule has 348 valence electrons. The zero-order valence-corrected chi connectivity index (χ0v) is 37.7. The molecule has 0 saturated heterocycles. The maximum absolute atomic E-state index is 14.6. The minimum absolute atomic E-state index is 0.0131. The van der Waals surface area contributed by atoms with Gasteiger partial charge in [-0.25, -0.2) is 9.97 Å². The van der Waals surface area contributed by atoms with Gasteiger partial charge in [0, 0.05) is 36.7 Å². The van der Waals surface area contributed by atoms with Crippen LogP contribution >= 0.6 is 0 Å². The van der Waals surface area contributed by atoms with Gasteiger partial charge in [-0.05, 0) is 119 Å². The number of carbonyl (C=O) groups is 5. The summed E-state index contributed by atoms with van der Waals surface area (Å²) in [4.78, 5) is 80.5. The van der Waals surface area contributed by atoms with Crippen LogP contribution in [0.2, 0.25) is 0 Å². The third-order valence-corrected chi connectivity index (χ3v) is 11.7. The predicted octanol–water partition coefficient (Wildman–Crippen LogP) is 3.01. The van der Waals surface area contributed by atoms with Crippen molar-refractivity contribution in [3.8, 4) is 45.8 Å². The molecule has 3 aromatic carbocycles. The Bertz CT molecular complexity index is 2450. The van der Waals surface area contributed by atoms with Gasteiger partial charge in [-0.3, -0.25) is 24.0 Å². The number of phenols is 1. The van der Waals surface area contributed by atoms with Crippen LogP contribution in [0.1, 0.15) is 84.4 Å². The van der Waals surface area contributed by atoms with Crippen molar-refractivity contribution in [2.75, 3.05) is 33.3 Å². The molecule has 0 spiro atoms. The molecule has 2 heterocycles. The van der Waals surface area contributed by atoms with Crippen molar-refractivity contribution in [2.24, 2.45) is 11.5 Å². The molecular weight excluding hydrogens is 845 g/mol. The predicted molar refractivity (Wildman–Crippen MR) is 245 cm³/mol. The molecule has 6 rings (SSSR count). The van der Waals surface area contributed by atoms with Crippen LogP contribution in [-0.4, -0.2) is 107 Å². The summed E-state index contributed by atoms with van der Waals surface area (Å²) >= 11 is 0. The Hall–Kier alpha value is -7.10. The third-order valence-electron chi connectivity index (χ3n) is 11.7. The van der Waals surface area contributed by atoms with Crippen molar-refractivity contribution in [2.45, 2.75) is 96.0 Å². The first-order chi connectivity index (χ1) is 31.7. The fourth-order valence-electron chi connectivity index (χ4n) is 8.31. The molecule has 1 aliphatic carbocycles. The summed E-state index contributed by atoms with van der Waals surface area (Å²) in [6.07, 6.45) is 5.78. The lowest BCUT2D eigenvalue weighted by atomic mass is 9.93. The third kappa shape index (κ3) is 11.6. The number of carbonyl (C=O) groups excluding carboxylic acids is 5. The van der Waals surface area contributed by atoms with Gasteiger partial charge in [0.15, 0.2) is 5.82 Å². The number of rotatable bonds is 14. The van der Waals surface area contributed by atoms with Gasteiger partial charge in [0.2, 0.25) is 23.6 Å². The van der Waals surface area contributed by atoms with E-state index in [1.807, 2.05) is 30.3 Å². The second-order valence-corrected chi connectivity index (χ2v) is 16.6. The summed E-state index contributed by atoms with van der Waals surface area (Å²) in [6.45, 7) is 4.76. The van der Waals surface area contributed by atoms with Crippen LogP contribution in [0.5, 0.6) is 17.2 Å². The van der Waals surface area contributed by atoms with Crippen molar-refractivity contribution in [1.29, 1.82) is 5.26 Å². The van der Waals surface area contributed by atoms with E-state index in [9.17, 15) is 29.1 Å². The van der Waals surface area contributed by atoms with E-state index >= 15 is 0 Å². The number of hydrogen-bond donors (Lipinski definition) is 7. The number of aromatic hydroxyl groups is 1. The lowest BCUT2D eigenvalue weighted by molar-refractivity contribution is -0.141. The largest absolute Gasteiger partial charge is 0.507 e. The SMILES string of the molecule is Cc1nc(-c2ccc(OC3CCCCC3)cc2)nc(C)c1C(=O)N[C@@H](CCN)C(=O)N(C)[C@@H]1C(=O)N[C@@H](C)C(=O)N[C@H](C(=O)NCC#N)Cc2ccc(OCCN)c(c2)-c2cc1ccc2O. The number of ether oxygens (including phenoxy) is 2. The number of amides is 5. The van der Waals surface area contributed by atoms with Crippen LogP contribution in [0.15, 0.2) is 60.7 Å². The quantitative estimate of drug-likeness (QED) is 0.0898. The van der Waals surface area contributed by atoms with Gasteiger partial charge < -0.3 is 52.2 Å². The molecule has 4 bridgehead atoms. The highest BCUT2D eigenvalue weighted by Gasteiger charge is 2.36. The highest BCUT2D eigenvalue weighted by atomic mass is 16.5. The van der Waals surface area contributed by atoms with Crippen LogP contribution in [-0.2, 0) is 25.6 Å². The zero-order valence-electron chi connectivity index (χ0n) is 37.7. The molecule has 18 nitrogen and oxygen atoms in total. The summed E-state index contributed by atoms with van der Waals surface area (Å²) in [5.74, 6) is -2.14. The minimum atomic E-state index is -1.44. The molecular formula is C48H58N10O8. The minimum Gasteiger partial charge on any atom is -0.507 e. The van der Waals surface area contributed by atoms with Gasteiger partial charge in [0.1, 0.15) is 54.6 Å². The number of benzene rings is 3. The van der Waals surface area contributed by atoms with Gasteiger partial charge in [-0.1, -0.05) is 18.6 Å². The number of nitrogens with two attached hydrogens (primary N) is 2. The number of nitriles is 1. The fourth-order valence-corrected chi connectivity index (χ4v) is 8.31. The lowest BCUT2D eigenvalue weighted by Gasteiger charge is -2.32. The standard InChI is InChI=1S/C48H58N10O8/c1-27-41(28(2)54-43(53-27)31-11-14-34(15-12-31)66-33-8-6-5-7-9-33)46(62)56-37(18-19-49)48(64)58(4)42-32-13-16-39(59)35(26-32)36-24-30(10-17-40(36)65-23-21-51)25-38(45(61)52-22-20-50)57-44(60)29(3)55-47(42)63/h10-17,24,26,29,33,37-38,42,59H,5-9,18-19,21-23,25,49,51H2,1-4H3,(H,52,61)(H,55,63)(H,56,62)(H,57,60)/t29-,37-,38-,42-/m0/s1. The Morgan fingerprint density at radius 1 is 0.939 bits per heavy atom. The number of aromatic nitrogens is 2. The maximum Gasteiger partial charge on any atom is 0.255 e. The van der Waals surface area contributed by atoms with Gasteiger partial charge in [0.05, 0.1) is 29.1 Å². The van der Waals surface area contributed by atoms with E-state index in [4.69, 9.17) is 26.2 Å². The van der Waals surface area contributed by atoms with Crippen molar-refractivity contribution >= 4 is 29.5 Å². The van der Waals surface area contributed by atoms with Crippen LogP contribution in [0.25, 0.3) is 22.5 Å². The highest BCUT2D eigenvalue weighted by Crippen LogP contribution is 2.39. The maximum atomic E-state index is 14.6. The summed E-state index contributed by atoms with van der Waals surface area (Å²) in [5.41, 5.74) is 14.8. The average Bonchev–Trinajstić information content (AvgIpc) is 3.30. The highest BCUT2D eigenvalue weighted by molar-refractivity contribution is 6.00. The smallest absolute Gasteiger partial charge is 0.255 e. The number of hydrogen-bond acceptors (Lipinski definition) is 13. The van der Waals surface area contributed by atoms with Crippen LogP contribution in [0.3, 0.4) is 0 Å². The molecule has 1 aromatic heterocycles. The van der Waals surface area contributed by atoms with E-state index in [2.05, 4.69) is 31.2 Å². The number of phenolic OH excluding ortho intramolecular Hbond substituents is 1. The van der Waals surface area contributed by atoms with E-state index in [-0.39, 0.29) is 67.6 Å². The second kappa shape index (κ2) is 22.2. The molecule has 2 aliphatic rings. The first-order valence-corrected chi connectivity index (χ1v) is 22.2. The van der Waals surface area contributed by atoms with E-state index < -0.39 is 53.7 Å².